The average molecular weight is 426 g/mol. The maximum Gasteiger partial charge on any atom is 0.254 e. The van der Waals surface area contributed by atoms with Gasteiger partial charge in [0, 0.05) is 36.3 Å². The summed E-state index contributed by atoms with van der Waals surface area (Å²) in [4.78, 5) is 26.5. The molecule has 1 aromatic carbocycles. The highest BCUT2D eigenvalue weighted by Gasteiger charge is 2.21. The van der Waals surface area contributed by atoms with E-state index in [0.29, 0.717) is 37.1 Å². The lowest BCUT2D eigenvalue weighted by molar-refractivity contribution is -0.116. The number of carbonyl (C=O) groups is 2. The molecule has 0 aliphatic carbocycles. The van der Waals surface area contributed by atoms with E-state index < -0.39 is 15.3 Å². The molecule has 0 atom stereocenters. The number of sulfonamides is 1. The third kappa shape index (κ3) is 8.14. The highest BCUT2D eigenvalue weighted by Crippen LogP contribution is 2.16. The van der Waals surface area contributed by atoms with Gasteiger partial charge in [-0.25, -0.2) is 13.1 Å². The van der Waals surface area contributed by atoms with Gasteiger partial charge in [-0.1, -0.05) is 0 Å². The minimum Gasteiger partial charge on any atom is -0.334 e. The number of unbranched alkanes of at least 4 members (excludes halogenated alkanes) is 1. The quantitative estimate of drug-likeness (QED) is 0.531. The average Bonchev–Trinajstić information content (AvgIpc) is 2.61. The third-order valence-corrected chi connectivity index (χ3v) is 6.36. The van der Waals surface area contributed by atoms with Gasteiger partial charge >= 0.3 is 0 Å². The molecular formula is C21H35N3O4S. The van der Waals surface area contributed by atoms with Crippen molar-refractivity contribution in [2.24, 2.45) is 0 Å². The van der Waals surface area contributed by atoms with Crippen LogP contribution in [-0.4, -0.2) is 49.0 Å². The summed E-state index contributed by atoms with van der Waals surface area (Å²) in [6.07, 6.45) is 1.48. The second-order valence-corrected chi connectivity index (χ2v) is 10.3. The monoisotopic (exact) mass is 425 g/mol. The van der Waals surface area contributed by atoms with Gasteiger partial charge < -0.3 is 10.2 Å². The number of amides is 2. The number of hydrogen-bond donors (Lipinski definition) is 2. The summed E-state index contributed by atoms with van der Waals surface area (Å²) in [6.45, 7) is 11.5. The van der Waals surface area contributed by atoms with Gasteiger partial charge in [-0.3, -0.25) is 9.59 Å². The highest BCUT2D eigenvalue weighted by molar-refractivity contribution is 7.90. The molecule has 0 radical (unpaired) electrons. The lowest BCUT2D eigenvalue weighted by Gasteiger charge is -2.30. The Labute approximate surface area is 175 Å². The number of carbonyl (C=O) groups excluding carboxylic acids is 2. The van der Waals surface area contributed by atoms with Gasteiger partial charge in [-0.05, 0) is 78.6 Å². The highest BCUT2D eigenvalue weighted by atomic mass is 32.2. The number of anilines is 1. The largest absolute Gasteiger partial charge is 0.334 e. The lowest BCUT2D eigenvalue weighted by atomic mass is 10.1. The van der Waals surface area contributed by atoms with E-state index in [9.17, 15) is 18.0 Å². The van der Waals surface area contributed by atoms with Gasteiger partial charge in [-0.2, -0.15) is 0 Å². The molecule has 7 nitrogen and oxygen atoms in total. The van der Waals surface area contributed by atoms with E-state index in [1.165, 1.54) is 0 Å². The predicted molar refractivity (Wildman–Crippen MR) is 117 cm³/mol. The maximum absolute atomic E-state index is 12.7. The third-order valence-electron chi connectivity index (χ3n) is 4.52. The van der Waals surface area contributed by atoms with Crippen molar-refractivity contribution in [2.45, 2.75) is 78.1 Å². The van der Waals surface area contributed by atoms with Crippen LogP contribution in [0.25, 0.3) is 0 Å². The smallest absolute Gasteiger partial charge is 0.254 e. The van der Waals surface area contributed by atoms with Crippen molar-refractivity contribution in [2.75, 3.05) is 11.9 Å². The Morgan fingerprint density at radius 3 is 1.97 bits per heavy atom. The maximum atomic E-state index is 12.7. The Morgan fingerprint density at radius 2 is 1.48 bits per heavy atom. The van der Waals surface area contributed by atoms with Gasteiger partial charge in [-0.15, -0.1) is 0 Å². The van der Waals surface area contributed by atoms with Gasteiger partial charge in [0.15, 0.2) is 0 Å². The molecule has 164 valence electrons. The minimum absolute atomic E-state index is 0.0308. The van der Waals surface area contributed by atoms with Crippen LogP contribution in [0.3, 0.4) is 0 Å². The van der Waals surface area contributed by atoms with Crippen LogP contribution in [0.1, 0.15) is 71.2 Å². The second kappa shape index (κ2) is 11.3. The molecule has 8 heteroatoms. The van der Waals surface area contributed by atoms with E-state index in [4.69, 9.17) is 0 Å². The predicted octanol–water partition coefficient (Wildman–Crippen LogP) is 3.38. The van der Waals surface area contributed by atoms with Crippen molar-refractivity contribution in [1.29, 1.82) is 0 Å². The Hall–Kier alpha value is -1.93. The van der Waals surface area contributed by atoms with Crippen molar-refractivity contribution in [3.8, 4) is 0 Å². The van der Waals surface area contributed by atoms with Crippen molar-refractivity contribution >= 4 is 27.5 Å². The number of benzene rings is 1. The molecule has 0 unspecified atom stereocenters. The first-order chi connectivity index (χ1) is 13.5. The zero-order valence-corrected chi connectivity index (χ0v) is 19.2. The van der Waals surface area contributed by atoms with Crippen LogP contribution < -0.4 is 10.0 Å². The molecule has 0 bridgehead atoms. The Kier molecular flexibility index (Phi) is 9.79. The fourth-order valence-corrected chi connectivity index (χ4v) is 3.69. The van der Waals surface area contributed by atoms with Crippen LogP contribution in [-0.2, 0) is 14.8 Å². The summed E-state index contributed by atoms with van der Waals surface area (Å²) in [5.74, 6) is -0.168. The molecule has 0 aromatic heterocycles. The standard InChI is InChI=1S/C21H35N3O4S/c1-15(2)24(16(3)4)21(26)18-10-12-19(13-11-18)23-20(25)9-7-8-14-22-29(27,28)17(5)6/h10-13,15-17,22H,7-9,14H2,1-6H3,(H,23,25). The van der Waals surface area contributed by atoms with E-state index in [-0.39, 0.29) is 23.9 Å². The molecule has 0 fully saturated rings. The number of hydrogen-bond acceptors (Lipinski definition) is 4. The zero-order valence-electron chi connectivity index (χ0n) is 18.4. The van der Waals surface area contributed by atoms with Crippen LogP contribution in [0.15, 0.2) is 24.3 Å². The summed E-state index contributed by atoms with van der Waals surface area (Å²) in [5, 5.41) is 2.34. The first-order valence-electron chi connectivity index (χ1n) is 10.2. The summed E-state index contributed by atoms with van der Waals surface area (Å²) in [6, 6.07) is 7.09. The van der Waals surface area contributed by atoms with Gasteiger partial charge in [0.05, 0.1) is 5.25 Å². The van der Waals surface area contributed by atoms with E-state index in [0.717, 1.165) is 0 Å². The van der Waals surface area contributed by atoms with Crippen LogP contribution in [0.4, 0.5) is 5.69 Å². The molecule has 1 aromatic rings. The summed E-state index contributed by atoms with van der Waals surface area (Å²) >= 11 is 0. The zero-order chi connectivity index (χ0) is 22.2. The van der Waals surface area contributed by atoms with Crippen molar-refractivity contribution in [3.05, 3.63) is 29.8 Å². The van der Waals surface area contributed by atoms with E-state index in [2.05, 4.69) is 10.0 Å². The Balaban J connectivity index is 2.49. The Morgan fingerprint density at radius 1 is 0.931 bits per heavy atom. The van der Waals surface area contributed by atoms with E-state index >= 15 is 0 Å². The lowest BCUT2D eigenvalue weighted by Crippen LogP contribution is -2.42. The van der Waals surface area contributed by atoms with Crippen LogP contribution >= 0.6 is 0 Å². The van der Waals surface area contributed by atoms with Crippen molar-refractivity contribution < 1.29 is 18.0 Å². The molecule has 0 saturated heterocycles. The van der Waals surface area contributed by atoms with Gasteiger partial charge in [0.25, 0.3) is 5.91 Å². The molecule has 2 amide bonds. The number of nitrogens with one attached hydrogen (secondary N) is 2. The minimum atomic E-state index is -3.26. The van der Waals surface area contributed by atoms with Crippen LogP contribution in [0, 0.1) is 0 Å². The molecule has 0 aliphatic rings. The summed E-state index contributed by atoms with van der Waals surface area (Å²) < 4.78 is 25.8. The van der Waals surface area contributed by atoms with Gasteiger partial charge in [0.1, 0.15) is 0 Å². The summed E-state index contributed by atoms with van der Waals surface area (Å²) in [5.41, 5.74) is 1.22. The van der Waals surface area contributed by atoms with E-state index in [1.54, 1.807) is 38.1 Å². The molecular weight excluding hydrogens is 390 g/mol. The first kappa shape index (κ1) is 25.1. The molecule has 0 heterocycles. The topological polar surface area (TPSA) is 95.6 Å². The SMILES string of the molecule is CC(C)N(C(=O)c1ccc(NC(=O)CCCCNS(=O)(=O)C(C)C)cc1)C(C)C. The van der Waals surface area contributed by atoms with Crippen LogP contribution in [0.5, 0.6) is 0 Å². The fraction of sp³-hybridized carbons (Fsp3) is 0.619. The number of rotatable bonds is 11. The molecule has 2 N–H and O–H groups in total. The van der Waals surface area contributed by atoms with E-state index in [1.807, 2.05) is 32.6 Å². The first-order valence-corrected chi connectivity index (χ1v) is 11.7. The molecule has 29 heavy (non-hydrogen) atoms. The molecule has 0 spiro atoms. The normalized spacial score (nSPS) is 11.9. The molecule has 0 saturated carbocycles. The molecule has 0 aliphatic heterocycles. The fourth-order valence-electron chi connectivity index (χ4n) is 2.93. The Bertz CT molecular complexity index is 764. The summed E-state index contributed by atoms with van der Waals surface area (Å²) in [7, 11) is -3.26. The van der Waals surface area contributed by atoms with Crippen LogP contribution in [0.2, 0.25) is 0 Å². The molecule has 1 rings (SSSR count). The second-order valence-electron chi connectivity index (χ2n) is 7.97. The van der Waals surface area contributed by atoms with Gasteiger partial charge in [0.2, 0.25) is 15.9 Å². The number of nitrogens with zero attached hydrogens (tertiary/aromatic N) is 1. The van der Waals surface area contributed by atoms with Crippen molar-refractivity contribution in [3.63, 3.8) is 0 Å². The van der Waals surface area contributed by atoms with Crippen molar-refractivity contribution in [1.82, 2.24) is 9.62 Å².